The summed E-state index contributed by atoms with van der Waals surface area (Å²) in [5, 5.41) is 12.7. The van der Waals surface area contributed by atoms with Gasteiger partial charge in [-0.2, -0.15) is 5.10 Å². The highest BCUT2D eigenvalue weighted by atomic mass is 16.3. The molecule has 1 heterocycles. The molecule has 0 amide bonds. The monoisotopic (exact) mass is 183 g/mol. The number of nitrogens with zero attached hydrogens (tertiary/aromatic N) is 3. The minimum atomic E-state index is 0.261. The van der Waals surface area contributed by atoms with E-state index in [1.54, 1.807) is 4.68 Å². The fraction of sp³-hybridized carbons (Fsp3) is 0.667. The molecule has 0 unspecified atom stereocenters. The SMILES string of the molecule is CN(CCCO)Cc1cnn(C)c1. The molecule has 0 atom stereocenters. The second kappa shape index (κ2) is 4.99. The second-order valence-electron chi connectivity index (χ2n) is 3.34. The summed E-state index contributed by atoms with van der Waals surface area (Å²) in [5.74, 6) is 0. The summed E-state index contributed by atoms with van der Waals surface area (Å²) in [7, 11) is 3.96. The number of aliphatic hydroxyl groups is 1. The van der Waals surface area contributed by atoms with Gasteiger partial charge >= 0.3 is 0 Å². The van der Waals surface area contributed by atoms with Crippen molar-refractivity contribution < 1.29 is 5.11 Å². The summed E-state index contributed by atoms with van der Waals surface area (Å²) in [6.07, 6.45) is 4.71. The van der Waals surface area contributed by atoms with E-state index in [1.165, 1.54) is 5.56 Å². The lowest BCUT2D eigenvalue weighted by Gasteiger charge is -2.14. The zero-order valence-corrected chi connectivity index (χ0v) is 8.27. The Labute approximate surface area is 78.8 Å². The van der Waals surface area contributed by atoms with Gasteiger partial charge in [0.2, 0.25) is 0 Å². The van der Waals surface area contributed by atoms with E-state index in [4.69, 9.17) is 5.11 Å². The minimum absolute atomic E-state index is 0.261. The van der Waals surface area contributed by atoms with Crippen molar-refractivity contribution in [1.82, 2.24) is 14.7 Å². The predicted octanol–water partition coefficient (Wildman–Crippen LogP) is 0.234. The Hall–Kier alpha value is -0.870. The van der Waals surface area contributed by atoms with Gasteiger partial charge in [-0.25, -0.2) is 0 Å². The van der Waals surface area contributed by atoms with Crippen molar-refractivity contribution in [2.24, 2.45) is 7.05 Å². The highest BCUT2D eigenvalue weighted by molar-refractivity contribution is 5.02. The highest BCUT2D eigenvalue weighted by Gasteiger charge is 2.00. The topological polar surface area (TPSA) is 41.3 Å². The van der Waals surface area contributed by atoms with Crippen molar-refractivity contribution in [2.75, 3.05) is 20.2 Å². The normalized spacial score (nSPS) is 11.1. The van der Waals surface area contributed by atoms with Crippen LogP contribution in [0.1, 0.15) is 12.0 Å². The van der Waals surface area contributed by atoms with Crippen molar-refractivity contribution >= 4 is 0 Å². The number of hydrogen-bond donors (Lipinski definition) is 1. The molecule has 0 saturated heterocycles. The predicted molar refractivity (Wildman–Crippen MR) is 51.2 cm³/mol. The van der Waals surface area contributed by atoms with Gasteiger partial charge in [0.15, 0.2) is 0 Å². The van der Waals surface area contributed by atoms with E-state index in [0.29, 0.717) is 0 Å². The highest BCUT2D eigenvalue weighted by Crippen LogP contribution is 2.01. The van der Waals surface area contributed by atoms with Crippen molar-refractivity contribution in [3.05, 3.63) is 18.0 Å². The third kappa shape index (κ3) is 3.57. The van der Waals surface area contributed by atoms with E-state index in [9.17, 15) is 0 Å². The molecule has 1 rings (SSSR count). The van der Waals surface area contributed by atoms with Gasteiger partial charge in [-0.3, -0.25) is 4.68 Å². The van der Waals surface area contributed by atoms with Crippen LogP contribution < -0.4 is 0 Å². The van der Waals surface area contributed by atoms with Gasteiger partial charge in [0, 0.05) is 38.5 Å². The van der Waals surface area contributed by atoms with Crippen LogP contribution in [0.3, 0.4) is 0 Å². The first kappa shape index (κ1) is 10.2. The summed E-state index contributed by atoms with van der Waals surface area (Å²) in [4.78, 5) is 2.17. The van der Waals surface area contributed by atoms with Crippen molar-refractivity contribution in [3.63, 3.8) is 0 Å². The molecule has 1 aromatic heterocycles. The van der Waals surface area contributed by atoms with Crippen LogP contribution in [0.5, 0.6) is 0 Å². The van der Waals surface area contributed by atoms with Crippen LogP contribution in [0.2, 0.25) is 0 Å². The summed E-state index contributed by atoms with van der Waals surface area (Å²) < 4.78 is 1.80. The second-order valence-corrected chi connectivity index (χ2v) is 3.34. The molecule has 0 fully saturated rings. The molecular weight excluding hydrogens is 166 g/mol. The van der Waals surface area contributed by atoms with Gasteiger partial charge < -0.3 is 10.0 Å². The molecule has 4 nitrogen and oxygen atoms in total. The largest absolute Gasteiger partial charge is 0.396 e. The quantitative estimate of drug-likeness (QED) is 0.710. The Bertz CT molecular complexity index is 247. The molecule has 0 radical (unpaired) electrons. The molecule has 4 heteroatoms. The summed E-state index contributed by atoms with van der Waals surface area (Å²) in [6, 6.07) is 0. The summed E-state index contributed by atoms with van der Waals surface area (Å²) >= 11 is 0. The number of aliphatic hydroxyl groups excluding tert-OH is 1. The Kier molecular flexibility index (Phi) is 3.92. The number of aromatic nitrogens is 2. The van der Waals surface area contributed by atoms with Crippen LogP contribution in [0, 0.1) is 0 Å². The maximum atomic E-state index is 8.64. The van der Waals surface area contributed by atoms with Crippen molar-refractivity contribution in [3.8, 4) is 0 Å². The maximum Gasteiger partial charge on any atom is 0.0534 e. The van der Waals surface area contributed by atoms with Crippen LogP contribution in [0.15, 0.2) is 12.4 Å². The molecule has 0 aliphatic rings. The minimum Gasteiger partial charge on any atom is -0.396 e. The van der Waals surface area contributed by atoms with E-state index in [0.717, 1.165) is 19.5 Å². The van der Waals surface area contributed by atoms with Gasteiger partial charge in [-0.05, 0) is 13.5 Å². The third-order valence-electron chi connectivity index (χ3n) is 1.91. The molecule has 0 aromatic carbocycles. The van der Waals surface area contributed by atoms with E-state index in [-0.39, 0.29) is 6.61 Å². The number of hydrogen-bond acceptors (Lipinski definition) is 3. The smallest absolute Gasteiger partial charge is 0.0534 e. The Morgan fingerprint density at radius 3 is 2.92 bits per heavy atom. The fourth-order valence-electron chi connectivity index (χ4n) is 1.28. The molecule has 0 bridgehead atoms. The number of rotatable bonds is 5. The van der Waals surface area contributed by atoms with Crippen LogP contribution in [0.4, 0.5) is 0 Å². The van der Waals surface area contributed by atoms with E-state index < -0.39 is 0 Å². The van der Waals surface area contributed by atoms with Crippen LogP contribution >= 0.6 is 0 Å². The Balaban J connectivity index is 2.31. The van der Waals surface area contributed by atoms with Gasteiger partial charge in [0.05, 0.1) is 6.20 Å². The summed E-state index contributed by atoms with van der Waals surface area (Å²) in [5.41, 5.74) is 1.21. The molecule has 0 aliphatic heterocycles. The summed E-state index contributed by atoms with van der Waals surface area (Å²) in [6.45, 7) is 2.08. The van der Waals surface area contributed by atoms with E-state index in [1.807, 2.05) is 26.5 Å². The van der Waals surface area contributed by atoms with Gasteiger partial charge in [-0.15, -0.1) is 0 Å². The van der Waals surface area contributed by atoms with Gasteiger partial charge in [0.25, 0.3) is 0 Å². The van der Waals surface area contributed by atoms with E-state index in [2.05, 4.69) is 10.00 Å². The molecular formula is C9H17N3O. The first-order valence-corrected chi connectivity index (χ1v) is 4.49. The average molecular weight is 183 g/mol. The van der Waals surface area contributed by atoms with E-state index >= 15 is 0 Å². The van der Waals surface area contributed by atoms with Gasteiger partial charge in [0.1, 0.15) is 0 Å². The fourth-order valence-corrected chi connectivity index (χ4v) is 1.28. The lowest BCUT2D eigenvalue weighted by Crippen LogP contribution is -2.19. The molecule has 0 spiro atoms. The van der Waals surface area contributed by atoms with Crippen LogP contribution in [-0.4, -0.2) is 40.0 Å². The van der Waals surface area contributed by atoms with Crippen molar-refractivity contribution in [1.29, 1.82) is 0 Å². The lowest BCUT2D eigenvalue weighted by atomic mass is 10.3. The molecule has 74 valence electrons. The Morgan fingerprint density at radius 1 is 1.62 bits per heavy atom. The molecule has 1 aromatic rings. The average Bonchev–Trinajstić information content (AvgIpc) is 2.48. The molecule has 13 heavy (non-hydrogen) atoms. The molecule has 0 aliphatic carbocycles. The zero-order chi connectivity index (χ0) is 9.68. The van der Waals surface area contributed by atoms with Crippen LogP contribution in [0.25, 0.3) is 0 Å². The molecule has 1 N–H and O–H groups in total. The van der Waals surface area contributed by atoms with Gasteiger partial charge in [-0.1, -0.05) is 0 Å². The zero-order valence-electron chi connectivity index (χ0n) is 8.27. The van der Waals surface area contributed by atoms with Crippen LogP contribution in [-0.2, 0) is 13.6 Å². The van der Waals surface area contributed by atoms with Crippen molar-refractivity contribution in [2.45, 2.75) is 13.0 Å². The number of aryl methyl sites for hydroxylation is 1. The maximum absolute atomic E-state index is 8.64. The lowest BCUT2D eigenvalue weighted by molar-refractivity contribution is 0.244. The third-order valence-corrected chi connectivity index (χ3v) is 1.91. The Morgan fingerprint density at radius 2 is 2.38 bits per heavy atom. The molecule has 0 saturated carbocycles. The standard InChI is InChI=1S/C9H17N3O/c1-11(4-3-5-13)7-9-6-10-12(2)8-9/h6,8,13H,3-5,7H2,1-2H3. The first-order chi connectivity index (χ1) is 6.22. The first-order valence-electron chi connectivity index (χ1n) is 4.49.